The van der Waals surface area contributed by atoms with E-state index in [0.717, 1.165) is 6.54 Å². The predicted octanol–water partition coefficient (Wildman–Crippen LogP) is 2.39. The molecule has 1 aliphatic heterocycles. The smallest absolute Gasteiger partial charge is 0.0791 e. The summed E-state index contributed by atoms with van der Waals surface area (Å²) in [5.41, 5.74) is 0.780. The maximum absolute atomic E-state index is 10.1. The fourth-order valence-corrected chi connectivity index (χ4v) is 3.62. The van der Waals surface area contributed by atoms with Crippen molar-refractivity contribution in [1.82, 2.24) is 10.2 Å². The largest absolute Gasteiger partial charge is 0.390 e. The number of β-amino-alcohol motifs (C(OH)–C–C–N with tert-alkyl or cyclic N) is 1. The molecule has 3 heteroatoms. The molecule has 0 bridgehead atoms. The van der Waals surface area contributed by atoms with E-state index in [1.807, 2.05) is 0 Å². The minimum atomic E-state index is -0.239. The predicted molar refractivity (Wildman–Crippen MR) is 80.3 cm³/mol. The van der Waals surface area contributed by atoms with E-state index in [0.29, 0.717) is 12.0 Å². The Balaban J connectivity index is 1.67. The van der Waals surface area contributed by atoms with Gasteiger partial charge in [0.05, 0.1) is 6.10 Å². The Morgan fingerprint density at radius 3 is 2.21 bits per heavy atom. The summed E-state index contributed by atoms with van der Waals surface area (Å²) in [5, 5.41) is 13.5. The van der Waals surface area contributed by atoms with Crippen molar-refractivity contribution in [2.24, 2.45) is 5.41 Å². The second-order valence-corrected chi connectivity index (χ2v) is 7.79. The number of hydrogen-bond acceptors (Lipinski definition) is 3. The minimum absolute atomic E-state index is 0.0940. The molecular weight excluding hydrogens is 236 g/mol. The van der Waals surface area contributed by atoms with Crippen LogP contribution in [0.2, 0.25) is 0 Å². The molecule has 2 fully saturated rings. The molecule has 1 heterocycles. The Kier molecular flexibility index (Phi) is 4.91. The Hall–Kier alpha value is -0.120. The van der Waals surface area contributed by atoms with E-state index < -0.39 is 0 Å². The Labute approximate surface area is 118 Å². The number of hydrogen-bond donors (Lipinski definition) is 2. The Morgan fingerprint density at radius 1 is 1.11 bits per heavy atom. The molecule has 2 aliphatic rings. The van der Waals surface area contributed by atoms with Crippen LogP contribution in [0.3, 0.4) is 0 Å². The molecule has 0 amide bonds. The van der Waals surface area contributed by atoms with Crippen LogP contribution < -0.4 is 5.32 Å². The summed E-state index contributed by atoms with van der Waals surface area (Å²) in [5.74, 6) is 0. The van der Waals surface area contributed by atoms with Crippen LogP contribution in [0.1, 0.15) is 59.3 Å². The van der Waals surface area contributed by atoms with Gasteiger partial charge in [0.25, 0.3) is 0 Å². The maximum Gasteiger partial charge on any atom is 0.0791 e. The lowest BCUT2D eigenvalue weighted by molar-refractivity contribution is 0.0574. The number of piperidine rings is 1. The maximum atomic E-state index is 10.1. The topological polar surface area (TPSA) is 35.5 Å². The van der Waals surface area contributed by atoms with Crippen molar-refractivity contribution in [2.45, 2.75) is 70.9 Å². The summed E-state index contributed by atoms with van der Waals surface area (Å²) in [4.78, 5) is 2.46. The van der Waals surface area contributed by atoms with Gasteiger partial charge in [0, 0.05) is 18.6 Å². The highest BCUT2D eigenvalue weighted by molar-refractivity contribution is 4.90. The highest BCUT2D eigenvalue weighted by atomic mass is 16.3. The molecule has 3 nitrogen and oxygen atoms in total. The Bertz CT molecular complexity index is 269. The number of aliphatic hydroxyl groups is 1. The quantitative estimate of drug-likeness (QED) is 0.822. The standard InChI is InChI=1S/C16H32N2O/c1-15(2,3)17-12-14(19)13-18-10-8-16(9-11-18)6-4-5-7-16/h14,17,19H,4-13H2,1-3H3. The molecule has 1 unspecified atom stereocenters. The molecular formula is C16H32N2O. The van der Waals surface area contributed by atoms with E-state index in [2.05, 4.69) is 31.0 Å². The molecule has 0 aromatic rings. The van der Waals surface area contributed by atoms with Gasteiger partial charge >= 0.3 is 0 Å². The number of nitrogens with zero attached hydrogens (tertiary/aromatic N) is 1. The number of aliphatic hydroxyl groups excluding tert-OH is 1. The van der Waals surface area contributed by atoms with Crippen LogP contribution in [0, 0.1) is 5.41 Å². The van der Waals surface area contributed by atoms with Crippen molar-refractivity contribution in [3.63, 3.8) is 0 Å². The fraction of sp³-hybridized carbons (Fsp3) is 1.00. The van der Waals surface area contributed by atoms with E-state index in [9.17, 15) is 5.11 Å². The van der Waals surface area contributed by atoms with Crippen molar-refractivity contribution in [3.8, 4) is 0 Å². The fourth-order valence-electron chi connectivity index (χ4n) is 3.62. The van der Waals surface area contributed by atoms with E-state index in [-0.39, 0.29) is 11.6 Å². The molecule has 1 spiro atoms. The van der Waals surface area contributed by atoms with Crippen molar-refractivity contribution < 1.29 is 5.11 Å². The average Bonchev–Trinajstić information content (AvgIpc) is 2.78. The highest BCUT2D eigenvalue weighted by Crippen LogP contribution is 2.45. The van der Waals surface area contributed by atoms with Gasteiger partial charge in [0.2, 0.25) is 0 Å². The van der Waals surface area contributed by atoms with Crippen LogP contribution in [0.15, 0.2) is 0 Å². The molecule has 0 aromatic heterocycles. The molecule has 1 saturated heterocycles. The minimum Gasteiger partial charge on any atom is -0.390 e. The summed E-state index contributed by atoms with van der Waals surface area (Å²) >= 11 is 0. The van der Waals surface area contributed by atoms with E-state index >= 15 is 0 Å². The first kappa shape index (κ1) is 15.3. The summed E-state index contributed by atoms with van der Waals surface area (Å²) in [6, 6.07) is 0. The number of likely N-dealkylation sites (tertiary alicyclic amines) is 1. The molecule has 112 valence electrons. The highest BCUT2D eigenvalue weighted by Gasteiger charge is 2.37. The second kappa shape index (κ2) is 6.11. The third kappa shape index (κ3) is 4.73. The zero-order valence-electron chi connectivity index (χ0n) is 13.0. The first-order valence-corrected chi connectivity index (χ1v) is 8.04. The van der Waals surface area contributed by atoms with Crippen molar-refractivity contribution in [1.29, 1.82) is 0 Å². The molecule has 0 aromatic carbocycles. The number of nitrogens with one attached hydrogen (secondary N) is 1. The molecule has 19 heavy (non-hydrogen) atoms. The summed E-state index contributed by atoms with van der Waals surface area (Å²) in [6.07, 6.45) is 8.26. The van der Waals surface area contributed by atoms with Crippen LogP contribution in [0.5, 0.6) is 0 Å². The first-order valence-electron chi connectivity index (χ1n) is 8.04. The Morgan fingerprint density at radius 2 is 1.68 bits per heavy atom. The lowest BCUT2D eigenvalue weighted by atomic mass is 9.77. The van der Waals surface area contributed by atoms with Gasteiger partial charge in [-0.3, -0.25) is 0 Å². The third-order valence-corrected chi connectivity index (χ3v) is 4.92. The van der Waals surface area contributed by atoms with Gasteiger partial charge in [-0.1, -0.05) is 12.8 Å². The van der Waals surface area contributed by atoms with Gasteiger partial charge in [0.15, 0.2) is 0 Å². The van der Waals surface area contributed by atoms with Crippen LogP contribution in [-0.4, -0.2) is 47.8 Å². The molecule has 0 radical (unpaired) electrons. The van der Waals surface area contributed by atoms with Gasteiger partial charge in [-0.25, -0.2) is 0 Å². The van der Waals surface area contributed by atoms with Gasteiger partial charge in [-0.2, -0.15) is 0 Å². The van der Waals surface area contributed by atoms with Crippen molar-refractivity contribution in [2.75, 3.05) is 26.2 Å². The zero-order valence-corrected chi connectivity index (χ0v) is 13.0. The van der Waals surface area contributed by atoms with Crippen LogP contribution in [0.4, 0.5) is 0 Å². The summed E-state index contributed by atoms with van der Waals surface area (Å²) in [7, 11) is 0. The van der Waals surface area contributed by atoms with Crippen molar-refractivity contribution >= 4 is 0 Å². The molecule has 1 aliphatic carbocycles. The molecule has 1 saturated carbocycles. The van der Waals surface area contributed by atoms with E-state index in [4.69, 9.17) is 0 Å². The number of rotatable bonds is 4. The van der Waals surface area contributed by atoms with Crippen LogP contribution in [0.25, 0.3) is 0 Å². The molecule has 2 N–H and O–H groups in total. The summed E-state index contributed by atoms with van der Waals surface area (Å²) in [6.45, 7) is 10.3. The molecule has 2 rings (SSSR count). The molecule has 1 atom stereocenters. The monoisotopic (exact) mass is 268 g/mol. The van der Waals surface area contributed by atoms with Gasteiger partial charge in [-0.05, 0) is 65.0 Å². The lowest BCUT2D eigenvalue weighted by Crippen LogP contribution is -2.47. The lowest BCUT2D eigenvalue weighted by Gasteiger charge is -2.40. The first-order chi connectivity index (χ1) is 8.89. The average molecular weight is 268 g/mol. The normalized spacial score (nSPS) is 25.9. The summed E-state index contributed by atoms with van der Waals surface area (Å²) < 4.78 is 0. The van der Waals surface area contributed by atoms with E-state index in [1.54, 1.807) is 0 Å². The van der Waals surface area contributed by atoms with E-state index in [1.165, 1.54) is 51.6 Å². The van der Waals surface area contributed by atoms with Crippen LogP contribution >= 0.6 is 0 Å². The van der Waals surface area contributed by atoms with Gasteiger partial charge in [0.1, 0.15) is 0 Å². The zero-order chi connectivity index (χ0) is 13.9. The van der Waals surface area contributed by atoms with Crippen molar-refractivity contribution in [3.05, 3.63) is 0 Å². The van der Waals surface area contributed by atoms with Gasteiger partial charge in [-0.15, -0.1) is 0 Å². The van der Waals surface area contributed by atoms with Gasteiger partial charge < -0.3 is 15.3 Å². The third-order valence-electron chi connectivity index (χ3n) is 4.92. The van der Waals surface area contributed by atoms with Crippen LogP contribution in [-0.2, 0) is 0 Å². The SMILES string of the molecule is CC(C)(C)NCC(O)CN1CCC2(CCCC2)CC1. The second-order valence-electron chi connectivity index (χ2n) is 7.79.